The number of rotatable bonds is 6. The van der Waals surface area contributed by atoms with Crippen LogP contribution in [0.2, 0.25) is 10.0 Å². The molecule has 0 aliphatic rings. The molecule has 0 N–H and O–H groups in total. The number of nitriles is 1. The summed E-state index contributed by atoms with van der Waals surface area (Å²) < 4.78 is 6.50. The Hall–Kier alpha value is -2.85. The van der Waals surface area contributed by atoms with Crippen molar-refractivity contribution in [3.8, 4) is 11.8 Å². The van der Waals surface area contributed by atoms with Gasteiger partial charge >= 0.3 is 0 Å². The summed E-state index contributed by atoms with van der Waals surface area (Å²) in [5.74, 6) is 0.610. The Bertz CT molecular complexity index is 1170. The molecule has 0 radical (unpaired) electrons. The predicted molar refractivity (Wildman–Crippen MR) is 122 cm³/mol. The van der Waals surface area contributed by atoms with Gasteiger partial charge in [-0.3, -0.25) is 10.1 Å². The van der Waals surface area contributed by atoms with Crippen LogP contribution >= 0.6 is 39.1 Å². The van der Waals surface area contributed by atoms with Gasteiger partial charge in [0.15, 0.2) is 0 Å². The number of ether oxygens (including phenoxy) is 1. The third-order valence-corrected chi connectivity index (χ3v) is 5.52. The maximum absolute atomic E-state index is 10.7. The standard InChI is InChI=1S/C22H13BrCl2N2O3/c23-19-10-15(9-17(12-26)16-4-7-20(24)21(25)11-16)3-8-22(19)30-13-14-1-5-18(6-2-14)27(28)29/h1-11H,13H2/b17-9-. The highest BCUT2D eigenvalue weighted by atomic mass is 79.9. The first kappa shape index (κ1) is 21.8. The number of nitrogens with zero attached hydrogens (tertiary/aromatic N) is 2. The number of nitro groups is 1. The molecule has 30 heavy (non-hydrogen) atoms. The molecule has 0 saturated carbocycles. The van der Waals surface area contributed by atoms with E-state index >= 15 is 0 Å². The van der Waals surface area contributed by atoms with Crippen LogP contribution in [-0.2, 0) is 6.61 Å². The zero-order valence-electron chi connectivity index (χ0n) is 15.3. The Kier molecular flexibility index (Phi) is 7.11. The minimum atomic E-state index is -0.443. The molecule has 0 heterocycles. The first-order valence-corrected chi connectivity index (χ1v) is 10.1. The predicted octanol–water partition coefficient (Wildman–Crippen LogP) is 7.31. The smallest absolute Gasteiger partial charge is 0.269 e. The Labute approximate surface area is 191 Å². The lowest BCUT2D eigenvalue weighted by Crippen LogP contribution is -1.97. The number of hydrogen-bond acceptors (Lipinski definition) is 4. The Morgan fingerprint density at radius 1 is 1.10 bits per heavy atom. The molecule has 0 aromatic heterocycles. The molecule has 0 unspecified atom stereocenters. The van der Waals surface area contributed by atoms with Crippen molar-refractivity contribution in [3.63, 3.8) is 0 Å². The summed E-state index contributed by atoms with van der Waals surface area (Å²) in [5, 5.41) is 21.0. The molecular formula is C22H13BrCl2N2O3. The Morgan fingerprint density at radius 2 is 1.83 bits per heavy atom. The summed E-state index contributed by atoms with van der Waals surface area (Å²) in [6.07, 6.45) is 1.74. The van der Waals surface area contributed by atoms with Crippen LogP contribution in [0.5, 0.6) is 5.75 Å². The first-order valence-electron chi connectivity index (χ1n) is 8.60. The molecule has 150 valence electrons. The van der Waals surface area contributed by atoms with E-state index in [0.717, 1.165) is 11.1 Å². The van der Waals surface area contributed by atoms with Crippen molar-refractivity contribution in [2.75, 3.05) is 0 Å². The van der Waals surface area contributed by atoms with Gasteiger partial charge in [-0.1, -0.05) is 35.3 Å². The SMILES string of the molecule is N#C/C(=C/c1ccc(OCc2ccc([N+](=O)[O-])cc2)c(Br)c1)c1ccc(Cl)c(Cl)c1. The first-order chi connectivity index (χ1) is 14.4. The van der Waals surface area contributed by atoms with Crippen LogP contribution in [0, 0.1) is 21.4 Å². The van der Waals surface area contributed by atoms with Crippen LogP contribution in [-0.4, -0.2) is 4.92 Å². The summed E-state index contributed by atoms with van der Waals surface area (Å²) in [6, 6.07) is 18.8. The highest BCUT2D eigenvalue weighted by molar-refractivity contribution is 9.10. The number of non-ortho nitro benzene ring substituents is 1. The fourth-order valence-electron chi connectivity index (χ4n) is 2.61. The lowest BCUT2D eigenvalue weighted by atomic mass is 10.0. The quantitative estimate of drug-likeness (QED) is 0.153. The molecule has 0 aliphatic carbocycles. The highest BCUT2D eigenvalue weighted by Gasteiger charge is 2.08. The molecule has 0 aliphatic heterocycles. The second-order valence-electron chi connectivity index (χ2n) is 6.20. The largest absolute Gasteiger partial charge is 0.488 e. The van der Waals surface area contributed by atoms with E-state index < -0.39 is 4.92 Å². The van der Waals surface area contributed by atoms with Crippen molar-refractivity contribution in [3.05, 3.63) is 102 Å². The fourth-order valence-corrected chi connectivity index (χ4v) is 3.42. The molecule has 0 saturated heterocycles. The van der Waals surface area contributed by atoms with Gasteiger partial charge in [0.2, 0.25) is 0 Å². The van der Waals surface area contributed by atoms with E-state index in [0.29, 0.717) is 31.4 Å². The van der Waals surface area contributed by atoms with E-state index in [4.69, 9.17) is 27.9 Å². The molecule has 0 atom stereocenters. The number of hydrogen-bond donors (Lipinski definition) is 0. The van der Waals surface area contributed by atoms with Crippen molar-refractivity contribution in [2.45, 2.75) is 6.61 Å². The monoisotopic (exact) mass is 502 g/mol. The van der Waals surface area contributed by atoms with Crippen LogP contribution in [0.1, 0.15) is 16.7 Å². The average molecular weight is 504 g/mol. The third-order valence-electron chi connectivity index (χ3n) is 4.16. The van der Waals surface area contributed by atoms with Gasteiger partial charge in [0.1, 0.15) is 12.4 Å². The minimum Gasteiger partial charge on any atom is -0.488 e. The molecule has 8 heteroatoms. The van der Waals surface area contributed by atoms with Gasteiger partial charge in [0, 0.05) is 12.1 Å². The molecule has 5 nitrogen and oxygen atoms in total. The summed E-state index contributed by atoms with van der Waals surface area (Å²) in [4.78, 5) is 10.3. The molecule has 0 spiro atoms. The highest BCUT2D eigenvalue weighted by Crippen LogP contribution is 2.30. The second-order valence-corrected chi connectivity index (χ2v) is 7.87. The zero-order valence-corrected chi connectivity index (χ0v) is 18.4. The van der Waals surface area contributed by atoms with Gasteiger partial charge in [-0.05, 0) is 75.1 Å². The van der Waals surface area contributed by atoms with Gasteiger partial charge in [-0.15, -0.1) is 0 Å². The fraction of sp³-hybridized carbons (Fsp3) is 0.0455. The minimum absolute atomic E-state index is 0.0337. The maximum atomic E-state index is 10.7. The number of benzene rings is 3. The van der Waals surface area contributed by atoms with Gasteiger partial charge in [0.05, 0.1) is 31.1 Å². The van der Waals surface area contributed by atoms with Gasteiger partial charge in [0.25, 0.3) is 5.69 Å². The number of halogens is 3. The van der Waals surface area contributed by atoms with Crippen LogP contribution in [0.25, 0.3) is 11.6 Å². The molecule has 0 fully saturated rings. The summed E-state index contributed by atoms with van der Waals surface area (Å²) in [5.41, 5.74) is 2.75. The van der Waals surface area contributed by atoms with Crippen molar-refractivity contribution in [1.82, 2.24) is 0 Å². The van der Waals surface area contributed by atoms with Crippen molar-refractivity contribution >= 4 is 56.5 Å². The summed E-state index contributed by atoms with van der Waals surface area (Å²) in [6.45, 7) is 0.262. The molecule has 3 rings (SSSR count). The Balaban J connectivity index is 1.75. The normalized spacial score (nSPS) is 11.1. The van der Waals surface area contributed by atoms with Gasteiger partial charge < -0.3 is 4.74 Å². The third kappa shape index (κ3) is 5.39. The molecule has 0 amide bonds. The van der Waals surface area contributed by atoms with Crippen LogP contribution in [0.4, 0.5) is 5.69 Å². The van der Waals surface area contributed by atoms with E-state index in [2.05, 4.69) is 22.0 Å². The van der Waals surface area contributed by atoms with Crippen LogP contribution < -0.4 is 4.74 Å². The van der Waals surface area contributed by atoms with Crippen LogP contribution in [0.3, 0.4) is 0 Å². The summed E-state index contributed by atoms with van der Waals surface area (Å²) >= 11 is 15.5. The van der Waals surface area contributed by atoms with Crippen molar-refractivity contribution < 1.29 is 9.66 Å². The van der Waals surface area contributed by atoms with E-state index in [-0.39, 0.29) is 12.3 Å². The second kappa shape index (κ2) is 9.77. The van der Waals surface area contributed by atoms with E-state index in [1.807, 2.05) is 12.1 Å². The van der Waals surface area contributed by atoms with E-state index in [1.165, 1.54) is 12.1 Å². The molecule has 3 aromatic carbocycles. The van der Waals surface area contributed by atoms with Crippen molar-refractivity contribution in [1.29, 1.82) is 5.26 Å². The summed E-state index contributed by atoms with van der Waals surface area (Å²) in [7, 11) is 0. The molecular weight excluding hydrogens is 491 g/mol. The molecule has 3 aromatic rings. The Morgan fingerprint density at radius 3 is 2.43 bits per heavy atom. The molecule has 0 bridgehead atoms. The van der Waals surface area contributed by atoms with Gasteiger partial charge in [-0.2, -0.15) is 5.26 Å². The lowest BCUT2D eigenvalue weighted by molar-refractivity contribution is -0.384. The van der Waals surface area contributed by atoms with Gasteiger partial charge in [-0.25, -0.2) is 0 Å². The number of nitro benzene ring substituents is 1. The van der Waals surface area contributed by atoms with Crippen molar-refractivity contribution in [2.24, 2.45) is 0 Å². The number of allylic oxidation sites excluding steroid dienone is 1. The average Bonchev–Trinajstić information content (AvgIpc) is 2.73. The maximum Gasteiger partial charge on any atom is 0.269 e. The lowest BCUT2D eigenvalue weighted by Gasteiger charge is -2.09. The topological polar surface area (TPSA) is 76.2 Å². The zero-order chi connectivity index (χ0) is 21.7. The van der Waals surface area contributed by atoms with E-state index in [9.17, 15) is 15.4 Å². The van der Waals surface area contributed by atoms with E-state index in [1.54, 1.807) is 42.5 Å². The van der Waals surface area contributed by atoms with Crippen LogP contribution in [0.15, 0.2) is 65.1 Å².